The predicted molar refractivity (Wildman–Crippen MR) is 71.8 cm³/mol. The first-order valence-corrected chi connectivity index (χ1v) is 6.95. The first kappa shape index (κ1) is 14.5. The van der Waals surface area contributed by atoms with Crippen LogP contribution in [0.1, 0.15) is 40.0 Å². The van der Waals surface area contributed by atoms with Gasteiger partial charge in [0.15, 0.2) is 0 Å². The lowest BCUT2D eigenvalue weighted by Gasteiger charge is -2.20. The Kier molecular flexibility index (Phi) is 5.96. The van der Waals surface area contributed by atoms with Crippen molar-refractivity contribution in [2.24, 2.45) is 17.8 Å². The van der Waals surface area contributed by atoms with Gasteiger partial charge in [-0.2, -0.15) is 0 Å². The molecule has 3 heteroatoms. The van der Waals surface area contributed by atoms with E-state index in [1.165, 1.54) is 0 Å². The van der Waals surface area contributed by atoms with Crippen LogP contribution in [-0.4, -0.2) is 37.5 Å². The van der Waals surface area contributed by atoms with Crippen LogP contribution in [0.25, 0.3) is 0 Å². The van der Waals surface area contributed by atoms with E-state index < -0.39 is 0 Å². The summed E-state index contributed by atoms with van der Waals surface area (Å²) in [5, 5.41) is 3.20. The zero-order valence-corrected chi connectivity index (χ0v) is 11.8. The molecule has 2 unspecified atom stereocenters. The van der Waals surface area contributed by atoms with Gasteiger partial charge in [-0.3, -0.25) is 4.79 Å². The third-order valence-electron chi connectivity index (χ3n) is 3.53. The molecule has 3 nitrogen and oxygen atoms in total. The normalized spacial score (nSPS) is 22.2. The highest BCUT2D eigenvalue weighted by molar-refractivity contribution is 5.76. The van der Waals surface area contributed by atoms with Crippen molar-refractivity contribution >= 4 is 5.91 Å². The van der Waals surface area contributed by atoms with Crippen LogP contribution in [0.4, 0.5) is 0 Å². The Morgan fingerprint density at radius 2 is 2.12 bits per heavy atom. The van der Waals surface area contributed by atoms with Gasteiger partial charge < -0.3 is 10.2 Å². The van der Waals surface area contributed by atoms with Crippen LogP contribution < -0.4 is 5.32 Å². The smallest absolute Gasteiger partial charge is 0.222 e. The summed E-state index contributed by atoms with van der Waals surface area (Å²) in [7, 11) is 1.98. The maximum Gasteiger partial charge on any atom is 0.222 e. The molecule has 1 N–H and O–H groups in total. The van der Waals surface area contributed by atoms with E-state index in [-0.39, 0.29) is 0 Å². The largest absolute Gasteiger partial charge is 0.342 e. The molecule has 0 radical (unpaired) electrons. The molecule has 0 saturated carbocycles. The summed E-state index contributed by atoms with van der Waals surface area (Å²) in [4.78, 5) is 14.1. The molecule has 1 amide bonds. The molecule has 0 spiro atoms. The quantitative estimate of drug-likeness (QED) is 0.771. The molecular formula is C14H28N2O. The van der Waals surface area contributed by atoms with E-state index in [0.717, 1.165) is 38.9 Å². The van der Waals surface area contributed by atoms with Crippen molar-refractivity contribution in [2.45, 2.75) is 40.0 Å². The molecule has 0 aromatic carbocycles. The average Bonchev–Trinajstić information content (AvgIpc) is 2.65. The average molecular weight is 240 g/mol. The molecule has 0 aromatic rings. The van der Waals surface area contributed by atoms with Crippen LogP contribution in [0.5, 0.6) is 0 Å². The Morgan fingerprint density at radius 1 is 1.41 bits per heavy atom. The van der Waals surface area contributed by atoms with Crippen molar-refractivity contribution in [1.82, 2.24) is 10.2 Å². The molecule has 1 aliphatic heterocycles. The molecule has 1 heterocycles. The van der Waals surface area contributed by atoms with Crippen LogP contribution >= 0.6 is 0 Å². The summed E-state index contributed by atoms with van der Waals surface area (Å²) in [5.74, 6) is 2.22. The number of carbonyl (C=O) groups is 1. The van der Waals surface area contributed by atoms with Gasteiger partial charge in [0.1, 0.15) is 0 Å². The molecule has 1 rings (SSSR count). The standard InChI is InChI=1S/C14H28N2O/c1-11(2)7-12(3)8-14(17)16-6-5-13(10-16)9-15-4/h11-13,15H,5-10H2,1-4H3. The van der Waals surface area contributed by atoms with Gasteiger partial charge in [-0.1, -0.05) is 20.8 Å². The van der Waals surface area contributed by atoms with Gasteiger partial charge in [0.05, 0.1) is 0 Å². The van der Waals surface area contributed by atoms with Crippen molar-refractivity contribution in [3.63, 3.8) is 0 Å². The topological polar surface area (TPSA) is 32.3 Å². The summed E-state index contributed by atoms with van der Waals surface area (Å²) in [6.07, 6.45) is 3.04. The number of carbonyl (C=O) groups excluding carboxylic acids is 1. The number of rotatable bonds is 6. The fourth-order valence-corrected chi connectivity index (χ4v) is 2.83. The summed E-state index contributed by atoms with van der Waals surface area (Å²) in [6, 6.07) is 0. The van der Waals surface area contributed by atoms with Crippen LogP contribution in [0.3, 0.4) is 0 Å². The van der Waals surface area contributed by atoms with Gasteiger partial charge in [0.2, 0.25) is 5.91 Å². The minimum Gasteiger partial charge on any atom is -0.342 e. The Balaban J connectivity index is 2.29. The highest BCUT2D eigenvalue weighted by atomic mass is 16.2. The Labute approximate surface area is 106 Å². The Bertz CT molecular complexity index is 240. The Hall–Kier alpha value is -0.570. The fraction of sp³-hybridized carbons (Fsp3) is 0.929. The van der Waals surface area contributed by atoms with E-state index in [9.17, 15) is 4.79 Å². The molecule has 100 valence electrons. The lowest BCUT2D eigenvalue weighted by atomic mass is 9.95. The van der Waals surface area contributed by atoms with Gasteiger partial charge in [0, 0.05) is 19.5 Å². The van der Waals surface area contributed by atoms with Crippen molar-refractivity contribution < 1.29 is 4.79 Å². The molecule has 0 bridgehead atoms. The van der Waals surface area contributed by atoms with Crippen molar-refractivity contribution in [1.29, 1.82) is 0 Å². The minimum atomic E-state index is 0.358. The molecule has 0 aliphatic carbocycles. The maximum absolute atomic E-state index is 12.1. The highest BCUT2D eigenvalue weighted by Crippen LogP contribution is 2.20. The molecule has 2 atom stereocenters. The first-order valence-electron chi connectivity index (χ1n) is 6.95. The molecule has 1 aliphatic rings. The zero-order valence-electron chi connectivity index (χ0n) is 11.8. The molecule has 1 fully saturated rings. The fourth-order valence-electron chi connectivity index (χ4n) is 2.83. The third-order valence-corrected chi connectivity index (χ3v) is 3.53. The van der Waals surface area contributed by atoms with E-state index in [1.807, 2.05) is 7.05 Å². The summed E-state index contributed by atoms with van der Waals surface area (Å²) in [6.45, 7) is 9.58. The zero-order chi connectivity index (χ0) is 12.8. The van der Waals surface area contributed by atoms with E-state index in [2.05, 4.69) is 31.0 Å². The molecular weight excluding hydrogens is 212 g/mol. The first-order chi connectivity index (χ1) is 8.02. The van der Waals surface area contributed by atoms with E-state index in [4.69, 9.17) is 0 Å². The predicted octanol–water partition coefficient (Wildman–Crippen LogP) is 2.13. The second kappa shape index (κ2) is 7.00. The van der Waals surface area contributed by atoms with Crippen molar-refractivity contribution in [3.8, 4) is 0 Å². The number of likely N-dealkylation sites (tertiary alicyclic amines) is 1. The van der Waals surface area contributed by atoms with E-state index in [0.29, 0.717) is 23.7 Å². The highest BCUT2D eigenvalue weighted by Gasteiger charge is 2.26. The lowest BCUT2D eigenvalue weighted by Crippen LogP contribution is -2.31. The number of hydrogen-bond donors (Lipinski definition) is 1. The monoisotopic (exact) mass is 240 g/mol. The van der Waals surface area contributed by atoms with Gasteiger partial charge in [-0.25, -0.2) is 0 Å². The number of hydrogen-bond acceptors (Lipinski definition) is 2. The maximum atomic E-state index is 12.1. The molecule has 1 saturated heterocycles. The SMILES string of the molecule is CNCC1CCN(C(=O)CC(C)CC(C)C)C1. The van der Waals surface area contributed by atoms with Crippen molar-refractivity contribution in [2.75, 3.05) is 26.7 Å². The number of nitrogens with zero attached hydrogens (tertiary/aromatic N) is 1. The second-order valence-corrected chi connectivity index (χ2v) is 5.99. The second-order valence-electron chi connectivity index (χ2n) is 5.99. The van der Waals surface area contributed by atoms with Crippen LogP contribution in [0.2, 0.25) is 0 Å². The van der Waals surface area contributed by atoms with Gasteiger partial charge in [-0.05, 0) is 44.2 Å². The number of amides is 1. The number of nitrogens with one attached hydrogen (secondary N) is 1. The van der Waals surface area contributed by atoms with Gasteiger partial charge in [-0.15, -0.1) is 0 Å². The summed E-state index contributed by atoms with van der Waals surface area (Å²) < 4.78 is 0. The van der Waals surface area contributed by atoms with Crippen LogP contribution in [0.15, 0.2) is 0 Å². The van der Waals surface area contributed by atoms with Gasteiger partial charge >= 0.3 is 0 Å². The van der Waals surface area contributed by atoms with Crippen LogP contribution in [-0.2, 0) is 4.79 Å². The minimum absolute atomic E-state index is 0.358. The molecule has 0 aromatic heterocycles. The van der Waals surface area contributed by atoms with Gasteiger partial charge in [0.25, 0.3) is 0 Å². The van der Waals surface area contributed by atoms with E-state index in [1.54, 1.807) is 0 Å². The van der Waals surface area contributed by atoms with Crippen molar-refractivity contribution in [3.05, 3.63) is 0 Å². The summed E-state index contributed by atoms with van der Waals surface area (Å²) in [5.41, 5.74) is 0. The summed E-state index contributed by atoms with van der Waals surface area (Å²) >= 11 is 0. The third kappa shape index (κ3) is 5.07. The molecule has 17 heavy (non-hydrogen) atoms. The Morgan fingerprint density at radius 3 is 2.71 bits per heavy atom. The van der Waals surface area contributed by atoms with Crippen LogP contribution in [0, 0.1) is 17.8 Å². The lowest BCUT2D eigenvalue weighted by molar-refractivity contribution is -0.131. The van der Waals surface area contributed by atoms with E-state index >= 15 is 0 Å².